The Hall–Kier alpha value is -4.04. The standard InChI is InChI=1S/C34H38ClN4O4/c1-7-36-28-16-14-24(38(40)41)20-26(28)33(3,4)30(36)18-12-22-10-9-11-23(32(22)35)13-19-31-34(5,6)27-21-25(39(42)43)15-17-29(27)37(31)8-2/h12-21H,7-11H2,1-6H3/q+1. The molecule has 224 valence electrons. The van der Waals surface area contributed by atoms with Gasteiger partial charge >= 0.3 is 0 Å². The minimum Gasteiger partial charge on any atom is -0.344 e. The highest BCUT2D eigenvalue weighted by molar-refractivity contribution is 6.32. The van der Waals surface area contributed by atoms with Crippen molar-refractivity contribution in [2.45, 2.75) is 71.6 Å². The zero-order valence-electron chi connectivity index (χ0n) is 25.6. The minimum absolute atomic E-state index is 0.100. The largest absolute Gasteiger partial charge is 0.344 e. The van der Waals surface area contributed by atoms with E-state index in [1.807, 2.05) is 12.1 Å². The van der Waals surface area contributed by atoms with Gasteiger partial charge in [-0.3, -0.25) is 20.2 Å². The summed E-state index contributed by atoms with van der Waals surface area (Å²) in [4.78, 5) is 24.5. The smallest absolute Gasteiger partial charge is 0.270 e. The molecular weight excluding hydrogens is 564 g/mol. The first-order chi connectivity index (χ1) is 20.3. The highest BCUT2D eigenvalue weighted by Crippen LogP contribution is 2.49. The average molecular weight is 602 g/mol. The van der Waals surface area contributed by atoms with Crippen LogP contribution in [0.1, 0.15) is 71.9 Å². The number of likely N-dealkylation sites (N-methyl/N-ethyl adjacent to an activating group) is 1. The van der Waals surface area contributed by atoms with Gasteiger partial charge in [-0.15, -0.1) is 0 Å². The quantitative estimate of drug-likeness (QED) is 0.180. The van der Waals surface area contributed by atoms with Crippen LogP contribution in [0.5, 0.6) is 0 Å². The molecular formula is C34H38ClN4O4+. The number of benzene rings is 2. The van der Waals surface area contributed by atoms with Gasteiger partial charge < -0.3 is 4.90 Å². The van der Waals surface area contributed by atoms with Crippen molar-refractivity contribution in [2.75, 3.05) is 18.0 Å². The van der Waals surface area contributed by atoms with Gasteiger partial charge in [-0.25, -0.2) is 0 Å². The predicted octanol–water partition coefficient (Wildman–Crippen LogP) is 8.76. The number of anilines is 1. The maximum absolute atomic E-state index is 11.5. The molecule has 2 heterocycles. The fourth-order valence-corrected chi connectivity index (χ4v) is 7.12. The van der Waals surface area contributed by atoms with Crippen molar-refractivity contribution in [1.29, 1.82) is 0 Å². The van der Waals surface area contributed by atoms with Crippen LogP contribution >= 0.6 is 11.6 Å². The zero-order chi connectivity index (χ0) is 31.3. The number of nitro groups is 2. The highest BCUT2D eigenvalue weighted by atomic mass is 35.5. The second-order valence-electron chi connectivity index (χ2n) is 12.3. The molecule has 3 aliphatic rings. The molecule has 0 saturated carbocycles. The van der Waals surface area contributed by atoms with Crippen LogP contribution in [0.2, 0.25) is 0 Å². The van der Waals surface area contributed by atoms with E-state index in [2.05, 4.69) is 75.3 Å². The van der Waals surface area contributed by atoms with E-state index < -0.39 is 10.8 Å². The Labute approximate surface area is 257 Å². The number of nitrogens with zero attached hydrogens (tertiary/aromatic N) is 4. The first kappa shape index (κ1) is 30.4. The normalized spacial score (nSPS) is 20.9. The summed E-state index contributed by atoms with van der Waals surface area (Å²) in [5.41, 5.74) is 7.59. The van der Waals surface area contributed by atoms with Crippen molar-refractivity contribution < 1.29 is 14.4 Å². The second kappa shape index (κ2) is 11.2. The van der Waals surface area contributed by atoms with Gasteiger partial charge in [0, 0.05) is 70.3 Å². The second-order valence-corrected chi connectivity index (χ2v) is 12.7. The molecule has 0 bridgehead atoms. The van der Waals surface area contributed by atoms with Gasteiger partial charge in [0.2, 0.25) is 5.69 Å². The molecule has 0 unspecified atom stereocenters. The van der Waals surface area contributed by atoms with E-state index in [4.69, 9.17) is 11.6 Å². The van der Waals surface area contributed by atoms with Crippen molar-refractivity contribution in [2.24, 2.45) is 0 Å². The van der Waals surface area contributed by atoms with Gasteiger partial charge in [-0.2, -0.15) is 4.58 Å². The van der Waals surface area contributed by atoms with Crippen molar-refractivity contribution >= 4 is 40.1 Å². The summed E-state index contributed by atoms with van der Waals surface area (Å²) in [6.45, 7) is 14.1. The first-order valence-corrected chi connectivity index (χ1v) is 15.2. The van der Waals surface area contributed by atoms with Crippen LogP contribution in [0.4, 0.5) is 22.7 Å². The number of fused-ring (bicyclic) bond motifs is 2. The van der Waals surface area contributed by atoms with E-state index in [9.17, 15) is 20.2 Å². The Morgan fingerprint density at radius 2 is 1.56 bits per heavy atom. The van der Waals surface area contributed by atoms with E-state index in [-0.39, 0.29) is 21.2 Å². The molecule has 0 fully saturated rings. The molecule has 9 heteroatoms. The molecule has 0 saturated heterocycles. The lowest BCUT2D eigenvalue weighted by Crippen LogP contribution is -2.27. The van der Waals surface area contributed by atoms with Gasteiger partial charge in [0.15, 0.2) is 5.71 Å². The monoisotopic (exact) mass is 601 g/mol. The highest BCUT2D eigenvalue weighted by Gasteiger charge is 2.45. The molecule has 1 aliphatic carbocycles. The van der Waals surface area contributed by atoms with E-state index in [0.29, 0.717) is 0 Å². The van der Waals surface area contributed by atoms with E-state index >= 15 is 0 Å². The third-order valence-electron chi connectivity index (χ3n) is 9.15. The molecule has 0 radical (unpaired) electrons. The predicted molar refractivity (Wildman–Crippen MR) is 173 cm³/mol. The third-order valence-corrected chi connectivity index (χ3v) is 9.63. The molecule has 8 nitrogen and oxygen atoms in total. The molecule has 0 spiro atoms. The fourth-order valence-electron chi connectivity index (χ4n) is 6.80. The number of non-ortho nitro benzene ring substituents is 2. The van der Waals surface area contributed by atoms with Crippen LogP contribution < -0.4 is 4.90 Å². The van der Waals surface area contributed by atoms with Gasteiger partial charge in [0.1, 0.15) is 6.54 Å². The summed E-state index contributed by atoms with van der Waals surface area (Å²) in [6, 6.07) is 10.2. The summed E-state index contributed by atoms with van der Waals surface area (Å²) in [6.07, 6.45) is 11.2. The molecule has 0 amide bonds. The van der Waals surface area contributed by atoms with Gasteiger partial charge in [-0.1, -0.05) is 37.6 Å². The topological polar surface area (TPSA) is 92.5 Å². The van der Waals surface area contributed by atoms with Crippen LogP contribution in [-0.4, -0.2) is 33.2 Å². The molecule has 5 rings (SSSR count). The lowest BCUT2D eigenvalue weighted by atomic mass is 9.81. The Morgan fingerprint density at radius 3 is 2.19 bits per heavy atom. The Kier molecular flexibility index (Phi) is 7.94. The number of halogens is 1. The van der Waals surface area contributed by atoms with Crippen molar-refractivity contribution in [3.8, 4) is 0 Å². The van der Waals surface area contributed by atoms with Crippen LogP contribution in [0, 0.1) is 20.2 Å². The van der Waals surface area contributed by atoms with Crippen molar-refractivity contribution in [1.82, 2.24) is 0 Å². The summed E-state index contributed by atoms with van der Waals surface area (Å²) < 4.78 is 2.22. The van der Waals surface area contributed by atoms with Crippen LogP contribution in [0.3, 0.4) is 0 Å². The molecule has 2 aliphatic heterocycles. The number of hydrogen-bond donors (Lipinski definition) is 0. The van der Waals surface area contributed by atoms with Gasteiger partial charge in [0.25, 0.3) is 11.4 Å². The van der Waals surface area contributed by atoms with Crippen LogP contribution in [-0.2, 0) is 10.8 Å². The number of nitro benzene ring substituents is 2. The summed E-state index contributed by atoms with van der Waals surface area (Å²) in [7, 11) is 0. The van der Waals surface area contributed by atoms with E-state index in [0.717, 1.165) is 82.4 Å². The lowest BCUT2D eigenvalue weighted by molar-refractivity contribution is -0.433. The first-order valence-electron chi connectivity index (χ1n) is 14.8. The van der Waals surface area contributed by atoms with Gasteiger partial charge in [0.05, 0.1) is 15.3 Å². The molecule has 0 N–H and O–H groups in total. The van der Waals surface area contributed by atoms with Crippen LogP contribution in [0.25, 0.3) is 0 Å². The van der Waals surface area contributed by atoms with Crippen molar-refractivity contribution in [3.05, 3.63) is 114 Å². The SMILES string of the molecule is CCN1/C(=C\C=C2/CCCC(/C=C/C3=[N+](CC)c4ccc([N+](=O)[O-])cc4C3(C)C)=C2Cl)C(C)(C)c2cc([N+](=O)[O-])ccc21. The summed E-state index contributed by atoms with van der Waals surface area (Å²) >= 11 is 7.04. The fraction of sp³-hybridized carbons (Fsp3) is 0.382. The maximum Gasteiger partial charge on any atom is 0.270 e. The summed E-state index contributed by atoms with van der Waals surface area (Å²) in [5, 5.41) is 23.7. The Bertz CT molecular complexity index is 1690. The maximum atomic E-state index is 11.5. The summed E-state index contributed by atoms with van der Waals surface area (Å²) in [5.74, 6) is 0. The Morgan fingerprint density at radius 1 is 0.907 bits per heavy atom. The van der Waals surface area contributed by atoms with E-state index in [1.54, 1.807) is 24.3 Å². The number of hydrogen-bond acceptors (Lipinski definition) is 5. The molecule has 43 heavy (non-hydrogen) atoms. The lowest BCUT2D eigenvalue weighted by Gasteiger charge is -2.26. The van der Waals surface area contributed by atoms with Crippen LogP contribution in [0.15, 0.2) is 82.6 Å². The minimum atomic E-state index is -0.402. The average Bonchev–Trinajstić information content (AvgIpc) is 3.32. The Balaban J connectivity index is 1.48. The molecule has 2 aromatic carbocycles. The molecule has 0 aromatic heterocycles. The van der Waals surface area contributed by atoms with Gasteiger partial charge in [-0.05, 0) is 75.8 Å². The molecule has 0 atom stereocenters. The molecule has 2 aromatic rings. The number of rotatable bonds is 7. The third kappa shape index (κ3) is 5.12. The number of allylic oxidation sites excluding steroid dienone is 8. The zero-order valence-corrected chi connectivity index (χ0v) is 26.4. The van der Waals surface area contributed by atoms with E-state index in [1.165, 1.54) is 0 Å². The van der Waals surface area contributed by atoms with Crippen molar-refractivity contribution in [3.63, 3.8) is 0 Å².